The van der Waals surface area contributed by atoms with E-state index in [2.05, 4.69) is 16.0 Å². The van der Waals surface area contributed by atoms with Crippen molar-refractivity contribution in [2.75, 3.05) is 13.3 Å². The lowest BCUT2D eigenvalue weighted by molar-refractivity contribution is -0.132. The van der Waals surface area contributed by atoms with E-state index >= 15 is 0 Å². The standard InChI is InChI=1S/C12H23N3O4/c1-5-10(16)14-9(4)12(18)15-8(3)11(17)13-7-19-6-2/h8-9H,5-7H2,1-4H3,(H,13,17)(H,14,16)(H,15,18)/t8-,9-/m0/s1. The first-order chi connectivity index (χ1) is 8.92. The number of hydrogen-bond donors (Lipinski definition) is 3. The van der Waals surface area contributed by atoms with Gasteiger partial charge in [0.2, 0.25) is 17.7 Å². The highest BCUT2D eigenvalue weighted by Crippen LogP contribution is 1.89. The van der Waals surface area contributed by atoms with Crippen LogP contribution in [-0.2, 0) is 19.1 Å². The highest BCUT2D eigenvalue weighted by atomic mass is 16.5. The van der Waals surface area contributed by atoms with Gasteiger partial charge < -0.3 is 20.7 Å². The van der Waals surface area contributed by atoms with E-state index in [9.17, 15) is 14.4 Å². The number of carbonyl (C=O) groups excluding carboxylic acids is 3. The Hall–Kier alpha value is -1.63. The van der Waals surface area contributed by atoms with Crippen LogP contribution < -0.4 is 16.0 Å². The average Bonchev–Trinajstić information content (AvgIpc) is 2.38. The first-order valence-corrected chi connectivity index (χ1v) is 6.37. The summed E-state index contributed by atoms with van der Waals surface area (Å²) in [6.07, 6.45) is 0.308. The summed E-state index contributed by atoms with van der Waals surface area (Å²) in [5.41, 5.74) is 0. The molecule has 0 aromatic carbocycles. The largest absolute Gasteiger partial charge is 0.362 e. The van der Waals surface area contributed by atoms with Gasteiger partial charge in [-0.15, -0.1) is 0 Å². The minimum atomic E-state index is -0.686. The Balaban J connectivity index is 4.09. The molecule has 0 bridgehead atoms. The van der Waals surface area contributed by atoms with Crippen molar-refractivity contribution in [1.82, 2.24) is 16.0 Å². The molecule has 0 aromatic heterocycles. The Bertz CT molecular complexity index is 320. The van der Waals surface area contributed by atoms with E-state index in [1.54, 1.807) is 20.8 Å². The van der Waals surface area contributed by atoms with Gasteiger partial charge in [0.1, 0.15) is 18.8 Å². The molecule has 0 aromatic rings. The molecule has 3 amide bonds. The second kappa shape index (κ2) is 9.32. The molecule has 0 fully saturated rings. The van der Waals surface area contributed by atoms with E-state index in [0.29, 0.717) is 13.0 Å². The van der Waals surface area contributed by atoms with Crippen molar-refractivity contribution in [2.45, 2.75) is 46.2 Å². The Morgan fingerprint density at radius 3 is 2.11 bits per heavy atom. The first kappa shape index (κ1) is 17.4. The number of rotatable bonds is 8. The normalized spacial score (nSPS) is 13.3. The van der Waals surface area contributed by atoms with Gasteiger partial charge in [-0.05, 0) is 20.8 Å². The molecule has 3 N–H and O–H groups in total. The molecule has 0 heterocycles. The molecule has 0 saturated carbocycles. The molecule has 0 radical (unpaired) electrons. The van der Waals surface area contributed by atoms with Gasteiger partial charge >= 0.3 is 0 Å². The van der Waals surface area contributed by atoms with Crippen LogP contribution in [0.2, 0.25) is 0 Å². The lowest BCUT2D eigenvalue weighted by Gasteiger charge is -2.18. The predicted octanol–water partition coefficient (Wildman–Crippen LogP) is -0.484. The van der Waals surface area contributed by atoms with Gasteiger partial charge in [-0.1, -0.05) is 6.92 Å². The van der Waals surface area contributed by atoms with E-state index < -0.39 is 18.0 Å². The van der Waals surface area contributed by atoms with E-state index in [1.165, 1.54) is 0 Å². The van der Waals surface area contributed by atoms with Crippen molar-refractivity contribution in [3.8, 4) is 0 Å². The number of amides is 3. The first-order valence-electron chi connectivity index (χ1n) is 6.37. The summed E-state index contributed by atoms with van der Waals surface area (Å²) < 4.78 is 4.97. The van der Waals surface area contributed by atoms with Gasteiger partial charge in [0.15, 0.2) is 0 Å². The molecular formula is C12H23N3O4. The highest BCUT2D eigenvalue weighted by Gasteiger charge is 2.20. The van der Waals surface area contributed by atoms with Crippen LogP contribution in [0.5, 0.6) is 0 Å². The van der Waals surface area contributed by atoms with Gasteiger partial charge in [0.25, 0.3) is 0 Å². The minimum absolute atomic E-state index is 0.109. The van der Waals surface area contributed by atoms with E-state index in [0.717, 1.165) is 0 Å². The van der Waals surface area contributed by atoms with Crippen LogP contribution in [0, 0.1) is 0 Å². The molecule has 0 spiro atoms. The lowest BCUT2D eigenvalue weighted by atomic mass is 10.2. The molecule has 0 aliphatic rings. The van der Waals surface area contributed by atoms with E-state index in [1.807, 2.05) is 6.92 Å². The SMILES string of the molecule is CCOCNC(=O)[C@H](C)NC(=O)[C@H](C)NC(=O)CC. The Labute approximate surface area is 113 Å². The van der Waals surface area contributed by atoms with Gasteiger partial charge in [-0.3, -0.25) is 14.4 Å². The van der Waals surface area contributed by atoms with Crippen molar-refractivity contribution in [2.24, 2.45) is 0 Å². The summed E-state index contributed by atoms with van der Waals surface area (Å²) in [6, 6.07) is -1.36. The number of hydrogen-bond acceptors (Lipinski definition) is 4. The third-order valence-electron chi connectivity index (χ3n) is 2.40. The van der Waals surface area contributed by atoms with Gasteiger partial charge in [0.05, 0.1) is 0 Å². The van der Waals surface area contributed by atoms with Crippen LogP contribution in [0.4, 0.5) is 0 Å². The van der Waals surface area contributed by atoms with Crippen LogP contribution in [-0.4, -0.2) is 43.1 Å². The maximum atomic E-state index is 11.7. The van der Waals surface area contributed by atoms with Crippen LogP contribution in [0.3, 0.4) is 0 Å². The molecular weight excluding hydrogens is 250 g/mol. The number of carbonyl (C=O) groups is 3. The zero-order chi connectivity index (χ0) is 14.8. The Morgan fingerprint density at radius 1 is 1.00 bits per heavy atom. The van der Waals surface area contributed by atoms with Crippen molar-refractivity contribution < 1.29 is 19.1 Å². The molecule has 110 valence electrons. The molecule has 7 heteroatoms. The summed E-state index contributed by atoms with van der Waals surface area (Å²) in [5, 5.41) is 7.55. The quantitative estimate of drug-likeness (QED) is 0.411. The van der Waals surface area contributed by atoms with Crippen molar-refractivity contribution in [3.05, 3.63) is 0 Å². The second-order valence-electron chi connectivity index (χ2n) is 4.05. The summed E-state index contributed by atoms with van der Waals surface area (Å²) in [7, 11) is 0. The fourth-order valence-electron chi connectivity index (χ4n) is 1.19. The van der Waals surface area contributed by atoms with Crippen LogP contribution in [0.15, 0.2) is 0 Å². The zero-order valence-electron chi connectivity index (χ0n) is 11.9. The van der Waals surface area contributed by atoms with Crippen molar-refractivity contribution in [1.29, 1.82) is 0 Å². The maximum Gasteiger partial charge on any atom is 0.244 e. The minimum Gasteiger partial charge on any atom is -0.362 e. The van der Waals surface area contributed by atoms with Crippen molar-refractivity contribution in [3.63, 3.8) is 0 Å². The fourth-order valence-corrected chi connectivity index (χ4v) is 1.19. The fraction of sp³-hybridized carbons (Fsp3) is 0.750. The Kier molecular flexibility index (Phi) is 8.52. The molecule has 0 aliphatic heterocycles. The van der Waals surface area contributed by atoms with E-state index in [4.69, 9.17) is 4.74 Å². The summed E-state index contributed by atoms with van der Waals surface area (Å²) >= 11 is 0. The summed E-state index contributed by atoms with van der Waals surface area (Å²) in [6.45, 7) is 7.25. The second-order valence-corrected chi connectivity index (χ2v) is 4.05. The van der Waals surface area contributed by atoms with Gasteiger partial charge in [-0.2, -0.15) is 0 Å². The topological polar surface area (TPSA) is 96.5 Å². The smallest absolute Gasteiger partial charge is 0.244 e. The average molecular weight is 273 g/mol. The monoisotopic (exact) mass is 273 g/mol. The number of nitrogens with one attached hydrogen (secondary N) is 3. The maximum absolute atomic E-state index is 11.7. The molecule has 2 atom stereocenters. The van der Waals surface area contributed by atoms with Gasteiger partial charge in [0, 0.05) is 13.0 Å². The highest BCUT2D eigenvalue weighted by molar-refractivity contribution is 5.91. The lowest BCUT2D eigenvalue weighted by Crippen LogP contribution is -2.51. The van der Waals surface area contributed by atoms with Crippen LogP contribution in [0.25, 0.3) is 0 Å². The zero-order valence-corrected chi connectivity index (χ0v) is 11.9. The van der Waals surface area contributed by atoms with Crippen molar-refractivity contribution >= 4 is 17.7 Å². The molecule has 0 saturated heterocycles. The molecule has 0 unspecified atom stereocenters. The van der Waals surface area contributed by atoms with Crippen LogP contribution >= 0.6 is 0 Å². The number of ether oxygens (including phenoxy) is 1. The molecule has 7 nitrogen and oxygen atoms in total. The third kappa shape index (κ3) is 7.40. The molecule has 0 aliphatic carbocycles. The molecule has 0 rings (SSSR count). The molecule has 19 heavy (non-hydrogen) atoms. The third-order valence-corrected chi connectivity index (χ3v) is 2.40. The summed E-state index contributed by atoms with van der Waals surface area (Å²) in [4.78, 5) is 34.4. The Morgan fingerprint density at radius 2 is 1.58 bits per heavy atom. The summed E-state index contributed by atoms with van der Waals surface area (Å²) in [5.74, 6) is -0.951. The van der Waals surface area contributed by atoms with Crippen LogP contribution in [0.1, 0.15) is 34.1 Å². The van der Waals surface area contributed by atoms with Gasteiger partial charge in [-0.25, -0.2) is 0 Å². The van der Waals surface area contributed by atoms with E-state index in [-0.39, 0.29) is 18.5 Å². The predicted molar refractivity (Wildman–Crippen MR) is 70.1 cm³/mol.